The minimum absolute atomic E-state index is 0.0273. The minimum Gasteiger partial charge on any atom is -0.298 e. The molecule has 90 valence electrons. The summed E-state index contributed by atoms with van der Waals surface area (Å²) in [5, 5.41) is -0.0273. The van der Waals surface area contributed by atoms with Crippen LogP contribution in [0.1, 0.15) is 45.4 Å². The second kappa shape index (κ2) is 6.14. The predicted molar refractivity (Wildman–Crippen MR) is 61.5 cm³/mol. The first kappa shape index (κ1) is 13.4. The smallest absolute Gasteiger partial charge is 0.151 e. The average Bonchev–Trinajstić information content (AvgIpc) is 2.56. The molecule has 16 heavy (non-hydrogen) atoms. The van der Waals surface area contributed by atoms with Crippen molar-refractivity contribution in [3.05, 3.63) is 0 Å². The zero-order valence-corrected chi connectivity index (χ0v) is 10.3. The van der Waals surface area contributed by atoms with Crippen LogP contribution in [0.15, 0.2) is 0 Å². The number of rotatable bonds is 6. The largest absolute Gasteiger partial charge is 0.298 e. The van der Waals surface area contributed by atoms with E-state index in [1.54, 1.807) is 0 Å². The lowest BCUT2D eigenvalue weighted by atomic mass is 9.96. The molecule has 0 amide bonds. The van der Waals surface area contributed by atoms with Crippen LogP contribution >= 0.6 is 11.6 Å². The van der Waals surface area contributed by atoms with Crippen LogP contribution in [0.4, 0.5) is 0 Å². The number of carbonyl (C=O) groups is 3. The molecular formula is C12H17ClO3. The molecule has 0 aromatic rings. The van der Waals surface area contributed by atoms with Gasteiger partial charge >= 0.3 is 0 Å². The Balaban J connectivity index is 2.40. The Labute approximate surface area is 101 Å². The lowest BCUT2D eigenvalue weighted by molar-refractivity contribution is -0.136. The maximum absolute atomic E-state index is 11.7. The predicted octanol–water partition coefficient (Wildman–Crippen LogP) is 2.29. The van der Waals surface area contributed by atoms with Gasteiger partial charge in [-0.2, -0.15) is 0 Å². The van der Waals surface area contributed by atoms with Crippen molar-refractivity contribution in [3.63, 3.8) is 0 Å². The average molecular weight is 245 g/mol. The molecule has 0 saturated heterocycles. The van der Waals surface area contributed by atoms with E-state index in [9.17, 15) is 14.4 Å². The third-order valence-corrected chi connectivity index (χ3v) is 3.33. The maximum atomic E-state index is 11.7. The number of carbonyl (C=O) groups excluding carboxylic acids is 3. The molecule has 1 atom stereocenters. The summed E-state index contributed by atoms with van der Waals surface area (Å²) < 4.78 is 0. The fraction of sp³-hybridized carbons (Fsp3) is 0.750. The van der Waals surface area contributed by atoms with Gasteiger partial charge in [-0.05, 0) is 12.8 Å². The van der Waals surface area contributed by atoms with Gasteiger partial charge in [0.2, 0.25) is 0 Å². The van der Waals surface area contributed by atoms with Gasteiger partial charge in [0, 0.05) is 24.6 Å². The molecule has 1 rings (SSSR count). The van der Waals surface area contributed by atoms with Crippen LogP contribution in [-0.4, -0.2) is 22.7 Å². The van der Waals surface area contributed by atoms with Crippen LogP contribution < -0.4 is 0 Å². The fourth-order valence-corrected chi connectivity index (χ4v) is 2.30. The minimum atomic E-state index is -0.967. The molecule has 1 saturated carbocycles. The summed E-state index contributed by atoms with van der Waals surface area (Å²) in [7, 11) is 0. The van der Waals surface area contributed by atoms with E-state index in [2.05, 4.69) is 0 Å². The van der Waals surface area contributed by atoms with Crippen molar-refractivity contribution in [2.45, 2.75) is 50.8 Å². The van der Waals surface area contributed by atoms with Gasteiger partial charge in [0.15, 0.2) is 17.3 Å². The highest BCUT2D eigenvalue weighted by molar-refractivity contribution is 6.23. The second-order valence-corrected chi connectivity index (χ2v) is 4.87. The van der Waals surface area contributed by atoms with E-state index >= 15 is 0 Å². The lowest BCUT2D eigenvalue weighted by Crippen LogP contribution is -2.25. The van der Waals surface area contributed by atoms with Gasteiger partial charge in [0.05, 0.1) is 0 Å². The number of alkyl halides is 1. The molecule has 0 aromatic heterocycles. The Morgan fingerprint density at radius 1 is 1.31 bits per heavy atom. The molecule has 0 bridgehead atoms. The summed E-state index contributed by atoms with van der Waals surface area (Å²) >= 11 is 5.98. The third-order valence-electron chi connectivity index (χ3n) is 2.89. The highest BCUT2D eigenvalue weighted by Gasteiger charge is 2.37. The Hall–Kier alpha value is -0.700. The van der Waals surface area contributed by atoms with Crippen molar-refractivity contribution >= 4 is 29.0 Å². The van der Waals surface area contributed by atoms with Crippen LogP contribution in [-0.2, 0) is 14.4 Å². The number of hydrogen-bond acceptors (Lipinski definition) is 3. The Morgan fingerprint density at radius 3 is 2.38 bits per heavy atom. The van der Waals surface area contributed by atoms with Crippen molar-refractivity contribution in [2.24, 2.45) is 5.92 Å². The number of ketones is 3. The van der Waals surface area contributed by atoms with E-state index in [1.165, 1.54) is 0 Å². The molecular weight excluding hydrogens is 228 g/mol. The Morgan fingerprint density at radius 2 is 1.88 bits per heavy atom. The molecule has 0 spiro atoms. The van der Waals surface area contributed by atoms with Crippen LogP contribution in [0, 0.1) is 5.92 Å². The number of hydrogen-bond donors (Lipinski definition) is 0. The van der Waals surface area contributed by atoms with Gasteiger partial charge in [0.25, 0.3) is 0 Å². The molecule has 4 heteroatoms. The summed E-state index contributed by atoms with van der Waals surface area (Å²) in [6.45, 7) is 2.03. The van der Waals surface area contributed by atoms with E-state index in [-0.39, 0.29) is 42.0 Å². The maximum Gasteiger partial charge on any atom is 0.151 e. The van der Waals surface area contributed by atoms with E-state index in [4.69, 9.17) is 11.6 Å². The van der Waals surface area contributed by atoms with Crippen molar-refractivity contribution in [3.8, 4) is 0 Å². The zero-order chi connectivity index (χ0) is 12.1. The summed E-state index contributed by atoms with van der Waals surface area (Å²) in [6, 6.07) is 0. The summed E-state index contributed by atoms with van der Waals surface area (Å²) in [5.41, 5.74) is 0. The SMILES string of the molecule is CCCC(Cl)CCC(=O)C1C(=O)CCC1=O. The standard InChI is InChI=1S/C12H17ClO3/c1-2-3-8(13)4-5-9(14)12-10(15)6-7-11(12)16/h8,12H,2-7H2,1H3. The lowest BCUT2D eigenvalue weighted by Gasteiger charge is -2.09. The van der Waals surface area contributed by atoms with E-state index in [0.29, 0.717) is 6.42 Å². The molecule has 1 aliphatic carbocycles. The zero-order valence-electron chi connectivity index (χ0n) is 9.50. The molecule has 1 fully saturated rings. The molecule has 3 nitrogen and oxygen atoms in total. The third kappa shape index (κ3) is 3.41. The van der Waals surface area contributed by atoms with Crippen LogP contribution in [0.2, 0.25) is 0 Å². The first-order chi connectivity index (χ1) is 7.56. The van der Waals surface area contributed by atoms with Gasteiger partial charge in [-0.15, -0.1) is 11.6 Å². The van der Waals surface area contributed by atoms with Crippen LogP contribution in [0.25, 0.3) is 0 Å². The molecule has 0 N–H and O–H groups in total. The number of Topliss-reactive ketones (excluding diaryl/α,β-unsaturated/α-hetero) is 3. The highest BCUT2D eigenvalue weighted by atomic mass is 35.5. The monoisotopic (exact) mass is 244 g/mol. The van der Waals surface area contributed by atoms with Crippen LogP contribution in [0.5, 0.6) is 0 Å². The summed E-state index contributed by atoms with van der Waals surface area (Å²) in [5.74, 6) is -1.63. The van der Waals surface area contributed by atoms with Crippen molar-refractivity contribution in [1.82, 2.24) is 0 Å². The Kier molecular flexibility index (Phi) is 5.13. The quantitative estimate of drug-likeness (QED) is 0.532. The van der Waals surface area contributed by atoms with Crippen molar-refractivity contribution < 1.29 is 14.4 Å². The molecule has 0 radical (unpaired) electrons. The van der Waals surface area contributed by atoms with Crippen molar-refractivity contribution in [2.75, 3.05) is 0 Å². The summed E-state index contributed by atoms with van der Waals surface area (Å²) in [4.78, 5) is 34.3. The first-order valence-corrected chi connectivity index (χ1v) is 6.22. The van der Waals surface area contributed by atoms with Gasteiger partial charge in [-0.1, -0.05) is 13.3 Å². The number of halogens is 1. The second-order valence-electron chi connectivity index (χ2n) is 4.26. The van der Waals surface area contributed by atoms with E-state index in [0.717, 1.165) is 12.8 Å². The van der Waals surface area contributed by atoms with E-state index in [1.807, 2.05) is 6.92 Å². The molecule has 0 heterocycles. The molecule has 0 aromatic carbocycles. The summed E-state index contributed by atoms with van der Waals surface area (Å²) in [6.07, 6.45) is 3.11. The first-order valence-electron chi connectivity index (χ1n) is 5.78. The molecule has 0 aliphatic heterocycles. The van der Waals surface area contributed by atoms with Gasteiger partial charge in [0.1, 0.15) is 5.92 Å². The fourth-order valence-electron chi connectivity index (χ4n) is 1.97. The molecule has 1 aliphatic rings. The van der Waals surface area contributed by atoms with Crippen molar-refractivity contribution in [1.29, 1.82) is 0 Å². The van der Waals surface area contributed by atoms with Crippen LogP contribution in [0.3, 0.4) is 0 Å². The highest BCUT2D eigenvalue weighted by Crippen LogP contribution is 2.22. The topological polar surface area (TPSA) is 51.2 Å². The normalized spacial score (nSPS) is 19.1. The van der Waals surface area contributed by atoms with Gasteiger partial charge in [-0.3, -0.25) is 14.4 Å². The van der Waals surface area contributed by atoms with E-state index < -0.39 is 5.92 Å². The van der Waals surface area contributed by atoms with Gasteiger partial charge in [-0.25, -0.2) is 0 Å². The molecule has 1 unspecified atom stereocenters. The Bertz CT molecular complexity index is 283. The van der Waals surface area contributed by atoms with Gasteiger partial charge < -0.3 is 0 Å².